The zero-order valence-corrected chi connectivity index (χ0v) is 15.4. The minimum absolute atomic E-state index is 0.232. The molecule has 1 amide bonds. The Labute approximate surface area is 151 Å². The lowest BCUT2D eigenvalue weighted by Crippen LogP contribution is -2.54. The van der Waals surface area contributed by atoms with Crippen LogP contribution >= 0.6 is 0 Å². The summed E-state index contributed by atoms with van der Waals surface area (Å²) in [6.07, 6.45) is 2.15. The Bertz CT molecular complexity index is 542. The highest BCUT2D eigenvalue weighted by atomic mass is 16.2. The maximum atomic E-state index is 12.7. The quantitative estimate of drug-likeness (QED) is 0.877. The summed E-state index contributed by atoms with van der Waals surface area (Å²) in [6, 6.07) is 10.8. The Hall–Kier alpha value is -1.43. The van der Waals surface area contributed by atoms with Crippen LogP contribution in [0.5, 0.6) is 0 Å². The number of hydrogen-bond donors (Lipinski definition) is 1. The van der Waals surface area contributed by atoms with Gasteiger partial charge in [-0.05, 0) is 24.3 Å². The van der Waals surface area contributed by atoms with Crippen molar-refractivity contribution in [3.8, 4) is 0 Å². The van der Waals surface area contributed by atoms with Crippen LogP contribution in [0.25, 0.3) is 0 Å². The van der Waals surface area contributed by atoms with Crippen LogP contribution in [0.1, 0.15) is 25.3 Å². The van der Waals surface area contributed by atoms with Gasteiger partial charge in [0.2, 0.25) is 5.91 Å². The number of piperazine rings is 1. The number of likely N-dealkylation sites (tertiary alicyclic amines) is 1. The highest BCUT2D eigenvalue weighted by Gasteiger charge is 2.30. The molecule has 5 nitrogen and oxygen atoms in total. The van der Waals surface area contributed by atoms with E-state index < -0.39 is 0 Å². The molecule has 2 atom stereocenters. The van der Waals surface area contributed by atoms with Crippen molar-refractivity contribution in [2.24, 2.45) is 11.7 Å². The van der Waals surface area contributed by atoms with Crippen molar-refractivity contribution in [1.82, 2.24) is 14.7 Å². The number of carbonyl (C=O) groups excluding carboxylic acids is 1. The van der Waals surface area contributed by atoms with Gasteiger partial charge < -0.3 is 10.6 Å². The maximum Gasteiger partial charge on any atom is 0.237 e. The molecule has 2 aliphatic heterocycles. The lowest BCUT2D eigenvalue weighted by molar-refractivity contribution is -0.137. The third-order valence-electron chi connectivity index (χ3n) is 5.64. The minimum atomic E-state index is 0.232. The molecule has 2 unspecified atom stereocenters. The molecule has 2 aliphatic rings. The first kappa shape index (κ1) is 18.4. The fraction of sp³-hybridized carbons (Fsp3) is 0.650. The molecule has 3 rings (SSSR count). The SMILES string of the molecule is CC1CCN(C(=O)CN2CCN(Cc3ccccc3)CC2)C(CN)C1. The Morgan fingerprint density at radius 2 is 1.76 bits per heavy atom. The number of amides is 1. The van der Waals surface area contributed by atoms with Crippen molar-refractivity contribution >= 4 is 5.91 Å². The van der Waals surface area contributed by atoms with Crippen LogP contribution in [0, 0.1) is 5.92 Å². The van der Waals surface area contributed by atoms with Crippen LogP contribution in [0.15, 0.2) is 30.3 Å². The number of hydrogen-bond acceptors (Lipinski definition) is 4. The second-order valence-corrected chi connectivity index (χ2v) is 7.64. The van der Waals surface area contributed by atoms with Gasteiger partial charge in [0, 0.05) is 51.9 Å². The van der Waals surface area contributed by atoms with Crippen molar-refractivity contribution in [1.29, 1.82) is 0 Å². The smallest absolute Gasteiger partial charge is 0.237 e. The van der Waals surface area contributed by atoms with Crippen LogP contribution in [-0.4, -0.2) is 72.5 Å². The number of carbonyl (C=O) groups is 1. The molecule has 25 heavy (non-hydrogen) atoms. The Morgan fingerprint density at radius 1 is 1.08 bits per heavy atom. The van der Waals surface area contributed by atoms with Crippen molar-refractivity contribution < 1.29 is 4.79 Å². The zero-order chi connectivity index (χ0) is 17.6. The normalized spacial score (nSPS) is 25.9. The largest absolute Gasteiger partial charge is 0.337 e. The molecule has 2 fully saturated rings. The van der Waals surface area contributed by atoms with Gasteiger partial charge >= 0.3 is 0 Å². The first-order valence-corrected chi connectivity index (χ1v) is 9.64. The van der Waals surface area contributed by atoms with E-state index in [-0.39, 0.29) is 11.9 Å². The van der Waals surface area contributed by atoms with Gasteiger partial charge in [0.15, 0.2) is 0 Å². The van der Waals surface area contributed by atoms with Crippen molar-refractivity contribution in [3.05, 3.63) is 35.9 Å². The van der Waals surface area contributed by atoms with Crippen LogP contribution in [0.3, 0.4) is 0 Å². The van der Waals surface area contributed by atoms with E-state index in [1.54, 1.807) is 0 Å². The van der Waals surface area contributed by atoms with Crippen LogP contribution in [-0.2, 0) is 11.3 Å². The molecule has 0 saturated carbocycles. The minimum Gasteiger partial charge on any atom is -0.337 e. The van der Waals surface area contributed by atoms with Gasteiger partial charge in [-0.2, -0.15) is 0 Å². The summed E-state index contributed by atoms with van der Waals surface area (Å²) in [4.78, 5) is 19.5. The lowest BCUT2D eigenvalue weighted by Gasteiger charge is -2.40. The third-order valence-corrected chi connectivity index (χ3v) is 5.64. The van der Waals surface area contributed by atoms with Gasteiger partial charge in [0.1, 0.15) is 0 Å². The molecule has 2 saturated heterocycles. The Balaban J connectivity index is 1.44. The molecule has 138 valence electrons. The van der Waals surface area contributed by atoms with Crippen LogP contribution < -0.4 is 5.73 Å². The molecule has 0 aliphatic carbocycles. The summed E-state index contributed by atoms with van der Waals surface area (Å²) in [5, 5.41) is 0. The predicted octanol–water partition coefficient (Wildman–Crippen LogP) is 1.39. The molecule has 5 heteroatoms. The number of nitrogens with two attached hydrogens (primary N) is 1. The molecule has 2 N–H and O–H groups in total. The standard InChI is InChI=1S/C20H32N4O/c1-17-7-8-24(19(13-17)14-21)20(25)16-23-11-9-22(10-12-23)15-18-5-3-2-4-6-18/h2-6,17,19H,7-16,21H2,1H3. The summed E-state index contributed by atoms with van der Waals surface area (Å²) in [6.45, 7) is 9.25. The van der Waals surface area contributed by atoms with Gasteiger partial charge in [-0.1, -0.05) is 37.3 Å². The molecule has 2 heterocycles. The van der Waals surface area contributed by atoms with Gasteiger partial charge in [0.05, 0.1) is 6.54 Å². The molecule has 1 aromatic rings. The van der Waals surface area contributed by atoms with E-state index in [9.17, 15) is 4.79 Å². The first-order valence-electron chi connectivity index (χ1n) is 9.64. The fourth-order valence-corrected chi connectivity index (χ4v) is 4.03. The van der Waals surface area contributed by atoms with Gasteiger partial charge in [0.25, 0.3) is 0 Å². The monoisotopic (exact) mass is 344 g/mol. The van der Waals surface area contributed by atoms with Crippen molar-refractivity contribution in [3.63, 3.8) is 0 Å². The van der Waals surface area contributed by atoms with Crippen molar-refractivity contribution in [2.45, 2.75) is 32.4 Å². The summed E-state index contributed by atoms with van der Waals surface area (Å²) < 4.78 is 0. The molecule has 0 radical (unpaired) electrons. The molecular weight excluding hydrogens is 312 g/mol. The Morgan fingerprint density at radius 3 is 2.44 bits per heavy atom. The molecule has 0 bridgehead atoms. The number of benzene rings is 1. The first-order chi connectivity index (χ1) is 12.2. The summed E-state index contributed by atoms with van der Waals surface area (Å²) in [7, 11) is 0. The predicted molar refractivity (Wildman–Crippen MR) is 101 cm³/mol. The molecule has 0 spiro atoms. The highest BCUT2D eigenvalue weighted by Crippen LogP contribution is 2.22. The van der Waals surface area contributed by atoms with E-state index in [2.05, 4.69) is 47.1 Å². The zero-order valence-electron chi connectivity index (χ0n) is 15.4. The van der Waals surface area contributed by atoms with E-state index in [1.807, 2.05) is 4.90 Å². The van der Waals surface area contributed by atoms with Crippen molar-refractivity contribution in [2.75, 3.05) is 45.8 Å². The highest BCUT2D eigenvalue weighted by molar-refractivity contribution is 5.78. The Kier molecular flexibility index (Phi) is 6.45. The number of nitrogens with zero attached hydrogens (tertiary/aromatic N) is 3. The fourth-order valence-electron chi connectivity index (χ4n) is 4.03. The second-order valence-electron chi connectivity index (χ2n) is 7.64. The summed E-state index contributed by atoms with van der Waals surface area (Å²) >= 11 is 0. The summed E-state index contributed by atoms with van der Waals surface area (Å²) in [5.41, 5.74) is 7.27. The number of piperidine rings is 1. The van der Waals surface area contributed by atoms with Gasteiger partial charge in [-0.25, -0.2) is 0 Å². The van der Waals surface area contributed by atoms with E-state index in [4.69, 9.17) is 5.73 Å². The topological polar surface area (TPSA) is 52.8 Å². The summed E-state index contributed by atoms with van der Waals surface area (Å²) in [5.74, 6) is 0.943. The maximum absolute atomic E-state index is 12.7. The third kappa shape index (κ3) is 5.03. The lowest BCUT2D eigenvalue weighted by atomic mass is 9.92. The average molecular weight is 345 g/mol. The van der Waals surface area contributed by atoms with Crippen LogP contribution in [0.4, 0.5) is 0 Å². The van der Waals surface area contributed by atoms with Crippen LogP contribution in [0.2, 0.25) is 0 Å². The van der Waals surface area contributed by atoms with E-state index >= 15 is 0 Å². The molecular formula is C20H32N4O. The van der Waals surface area contributed by atoms with E-state index in [1.165, 1.54) is 5.56 Å². The number of rotatable bonds is 5. The van der Waals surface area contributed by atoms with E-state index in [0.29, 0.717) is 19.0 Å². The molecule has 0 aromatic heterocycles. The van der Waals surface area contributed by atoms with Gasteiger partial charge in [-0.15, -0.1) is 0 Å². The molecule has 1 aromatic carbocycles. The van der Waals surface area contributed by atoms with E-state index in [0.717, 1.165) is 52.1 Å². The van der Waals surface area contributed by atoms with Gasteiger partial charge in [-0.3, -0.25) is 14.6 Å². The average Bonchev–Trinajstić information content (AvgIpc) is 2.64. The second kappa shape index (κ2) is 8.79.